The molecule has 0 atom stereocenters. The summed E-state index contributed by atoms with van der Waals surface area (Å²) in [5.41, 5.74) is 2.33. The van der Waals surface area contributed by atoms with Gasteiger partial charge in [-0.3, -0.25) is 5.21 Å². The van der Waals surface area contributed by atoms with Crippen LogP contribution in [0.2, 0.25) is 0 Å². The Morgan fingerprint density at radius 3 is 2.82 bits per heavy atom. The van der Waals surface area contributed by atoms with Gasteiger partial charge in [0.2, 0.25) is 0 Å². The Labute approximate surface area is 81.0 Å². The lowest BCUT2D eigenvalue weighted by molar-refractivity contribution is 0.0745. The van der Waals surface area contributed by atoms with Gasteiger partial charge in [0, 0.05) is 0 Å². The fourth-order valence-corrected chi connectivity index (χ4v) is 1.89. The largest absolute Gasteiger partial charge is 0.279 e. The molecule has 0 radical (unpaired) electrons. The monoisotopic (exact) mass is 265 g/mol. The quantitative estimate of drug-likeness (QED) is 0.471. The van der Waals surface area contributed by atoms with Crippen molar-refractivity contribution in [1.82, 2.24) is 3.28 Å². The Morgan fingerprint density at radius 2 is 2.27 bits per heavy atom. The molecule has 0 amide bonds. The molecule has 0 unspecified atom stereocenters. The average molecular weight is 265 g/mol. The molecule has 0 aliphatic heterocycles. The lowest BCUT2D eigenvalue weighted by Crippen LogP contribution is -2.03. The molecule has 0 saturated heterocycles. The second-order valence-corrected chi connectivity index (χ2v) is 3.50. The first-order chi connectivity index (χ1) is 5.25. The van der Waals surface area contributed by atoms with Crippen LogP contribution in [0.1, 0.15) is 26.2 Å². The van der Waals surface area contributed by atoms with E-state index in [1.54, 1.807) is 0 Å². The van der Waals surface area contributed by atoms with Gasteiger partial charge in [-0.2, -0.15) is 3.28 Å². The Hall–Kier alpha value is -0.0300. The molecule has 0 spiro atoms. The minimum absolute atomic E-state index is 0.999. The molecule has 0 heterocycles. The summed E-state index contributed by atoms with van der Waals surface area (Å²) in [6, 6.07) is 0. The van der Waals surface area contributed by atoms with Gasteiger partial charge in [0.25, 0.3) is 0 Å². The number of hydrogen-bond acceptors (Lipinski definition) is 2. The molecule has 0 fully saturated rings. The molecular weight excluding hydrogens is 253 g/mol. The van der Waals surface area contributed by atoms with Crippen LogP contribution in [0.3, 0.4) is 0 Å². The van der Waals surface area contributed by atoms with Crippen LogP contribution in [0.5, 0.6) is 0 Å². The van der Waals surface area contributed by atoms with Crippen LogP contribution in [-0.2, 0) is 0 Å². The first kappa shape index (κ1) is 9.06. The molecule has 0 aromatic carbocycles. The van der Waals surface area contributed by atoms with Gasteiger partial charge in [-0.25, -0.2) is 0 Å². The van der Waals surface area contributed by atoms with Crippen LogP contribution < -0.4 is 0 Å². The molecule has 1 aliphatic rings. The number of halogens is 1. The van der Waals surface area contributed by atoms with E-state index in [2.05, 4.69) is 6.08 Å². The molecular formula is C8H12INO. The molecule has 2 nitrogen and oxygen atoms in total. The molecule has 1 aliphatic carbocycles. The van der Waals surface area contributed by atoms with Crippen molar-refractivity contribution in [3.05, 3.63) is 23.4 Å². The highest BCUT2D eigenvalue weighted by Gasteiger charge is 2.15. The highest BCUT2D eigenvalue weighted by molar-refractivity contribution is 14.1. The predicted octanol–water partition coefficient (Wildman–Crippen LogP) is 3.04. The van der Waals surface area contributed by atoms with Crippen molar-refractivity contribution in [1.29, 1.82) is 0 Å². The van der Waals surface area contributed by atoms with Crippen molar-refractivity contribution in [3.63, 3.8) is 0 Å². The van der Waals surface area contributed by atoms with Crippen molar-refractivity contribution in [2.75, 3.05) is 0 Å². The van der Waals surface area contributed by atoms with Crippen LogP contribution in [0.25, 0.3) is 0 Å². The van der Waals surface area contributed by atoms with Crippen molar-refractivity contribution < 1.29 is 5.21 Å². The minimum Gasteiger partial charge on any atom is -0.279 e. The third-order valence-corrected chi connectivity index (χ3v) is 2.40. The Kier molecular flexibility index (Phi) is 3.39. The second kappa shape index (κ2) is 4.11. The minimum atomic E-state index is 0.999. The predicted molar refractivity (Wildman–Crippen MR) is 53.3 cm³/mol. The third kappa shape index (κ3) is 2.20. The first-order valence-electron chi connectivity index (χ1n) is 3.75. The molecule has 3 heteroatoms. The lowest BCUT2D eigenvalue weighted by Gasteiger charge is -2.09. The van der Waals surface area contributed by atoms with E-state index in [0.29, 0.717) is 0 Å². The highest BCUT2D eigenvalue weighted by atomic mass is 127. The second-order valence-electron chi connectivity index (χ2n) is 2.59. The van der Waals surface area contributed by atoms with Gasteiger partial charge in [0.05, 0.1) is 28.6 Å². The van der Waals surface area contributed by atoms with Crippen LogP contribution in [-0.4, -0.2) is 8.48 Å². The maximum Gasteiger partial charge on any atom is 0.0898 e. The van der Waals surface area contributed by atoms with E-state index in [4.69, 9.17) is 0 Å². The van der Waals surface area contributed by atoms with E-state index in [9.17, 15) is 5.21 Å². The van der Waals surface area contributed by atoms with E-state index in [-0.39, 0.29) is 0 Å². The van der Waals surface area contributed by atoms with Crippen molar-refractivity contribution >= 4 is 22.9 Å². The Morgan fingerprint density at radius 1 is 1.55 bits per heavy atom. The zero-order valence-corrected chi connectivity index (χ0v) is 8.71. The van der Waals surface area contributed by atoms with Crippen molar-refractivity contribution in [2.24, 2.45) is 0 Å². The average Bonchev–Trinajstić information content (AvgIpc) is 2.36. The highest BCUT2D eigenvalue weighted by Crippen LogP contribution is 2.30. The van der Waals surface area contributed by atoms with Crippen LogP contribution in [0.4, 0.5) is 0 Å². The molecule has 1 N–H and O–H groups in total. The summed E-state index contributed by atoms with van der Waals surface area (Å²) in [4.78, 5) is 0. The van der Waals surface area contributed by atoms with Gasteiger partial charge < -0.3 is 0 Å². The summed E-state index contributed by atoms with van der Waals surface area (Å²) >= 11 is 1.90. The van der Waals surface area contributed by atoms with E-state index < -0.39 is 0 Å². The maximum absolute atomic E-state index is 9.18. The Balaban J connectivity index is 2.77. The number of rotatable bonds is 2. The van der Waals surface area contributed by atoms with E-state index in [1.165, 1.54) is 8.85 Å². The molecule has 1 rings (SSSR count). The number of hydrogen-bond donors (Lipinski definition) is 1. The van der Waals surface area contributed by atoms with Crippen molar-refractivity contribution in [2.45, 2.75) is 26.2 Å². The van der Waals surface area contributed by atoms with E-state index in [0.717, 1.165) is 25.0 Å². The van der Waals surface area contributed by atoms with Crippen LogP contribution in [0, 0.1) is 0 Å². The third-order valence-electron chi connectivity index (χ3n) is 1.82. The lowest BCUT2D eigenvalue weighted by atomic mass is 10.2. The van der Waals surface area contributed by atoms with Crippen LogP contribution in [0.15, 0.2) is 23.4 Å². The molecule has 62 valence electrons. The SMILES string of the molecule is C/C=C\C1=C(N(O)I)CCC1. The topological polar surface area (TPSA) is 23.5 Å². The molecule has 0 bridgehead atoms. The number of hydroxylamine groups is 1. The summed E-state index contributed by atoms with van der Waals surface area (Å²) < 4.78 is 1.21. The summed E-state index contributed by atoms with van der Waals surface area (Å²) in [6.45, 7) is 2.00. The van der Waals surface area contributed by atoms with Crippen LogP contribution >= 0.6 is 22.9 Å². The van der Waals surface area contributed by atoms with Gasteiger partial charge in [-0.05, 0) is 31.8 Å². The molecule has 11 heavy (non-hydrogen) atoms. The summed E-state index contributed by atoms with van der Waals surface area (Å²) in [5, 5.41) is 9.18. The van der Waals surface area contributed by atoms with Gasteiger partial charge in [0.15, 0.2) is 0 Å². The molecule has 0 aromatic heterocycles. The zero-order valence-electron chi connectivity index (χ0n) is 6.55. The van der Waals surface area contributed by atoms with E-state index in [1.807, 2.05) is 35.9 Å². The number of nitrogens with zero attached hydrogens (tertiary/aromatic N) is 1. The fourth-order valence-electron chi connectivity index (χ4n) is 1.34. The van der Waals surface area contributed by atoms with Gasteiger partial charge in [-0.15, -0.1) is 0 Å². The zero-order chi connectivity index (χ0) is 8.27. The van der Waals surface area contributed by atoms with Gasteiger partial charge >= 0.3 is 0 Å². The summed E-state index contributed by atoms with van der Waals surface area (Å²) in [7, 11) is 0. The number of allylic oxidation sites excluding steroid dienone is 4. The summed E-state index contributed by atoms with van der Waals surface area (Å²) in [5.74, 6) is 0. The normalized spacial score (nSPS) is 18.5. The molecule has 0 aromatic rings. The fraction of sp³-hybridized carbons (Fsp3) is 0.500. The van der Waals surface area contributed by atoms with Gasteiger partial charge in [0.1, 0.15) is 0 Å². The van der Waals surface area contributed by atoms with Gasteiger partial charge in [-0.1, -0.05) is 12.2 Å². The first-order valence-corrected chi connectivity index (χ1v) is 4.71. The maximum atomic E-state index is 9.18. The smallest absolute Gasteiger partial charge is 0.0898 e. The van der Waals surface area contributed by atoms with E-state index >= 15 is 0 Å². The summed E-state index contributed by atoms with van der Waals surface area (Å²) in [6.07, 6.45) is 7.35. The molecule has 0 saturated carbocycles. The van der Waals surface area contributed by atoms with Crippen molar-refractivity contribution in [3.8, 4) is 0 Å². The Bertz CT molecular complexity index is 196. The standard InChI is InChI=1S/C8H12INO/c1-2-4-7-5-3-6-8(7)10(9)11/h2,4,11H,3,5-6H2,1H3/b4-2-.